The molecule has 1 aliphatic rings. The first-order valence-corrected chi connectivity index (χ1v) is 6.53. The molecule has 0 amide bonds. The second kappa shape index (κ2) is 6.58. The predicted molar refractivity (Wildman–Crippen MR) is 66.5 cm³/mol. The summed E-state index contributed by atoms with van der Waals surface area (Å²) in [6.45, 7) is 8.75. The molecule has 1 rings (SSSR count). The number of aliphatic hydroxyl groups excluding tert-OH is 1. The topological polar surface area (TPSA) is 41.5 Å². The van der Waals surface area contributed by atoms with Gasteiger partial charge in [0.25, 0.3) is 0 Å². The fourth-order valence-electron chi connectivity index (χ4n) is 2.17. The fourth-order valence-corrected chi connectivity index (χ4v) is 2.17. The van der Waals surface area contributed by atoms with Gasteiger partial charge in [0.15, 0.2) is 0 Å². The zero-order valence-corrected chi connectivity index (χ0v) is 11.0. The Balaban J connectivity index is 2.07. The van der Waals surface area contributed by atoms with Crippen LogP contribution < -0.4 is 5.32 Å². The lowest BCUT2D eigenvalue weighted by Crippen LogP contribution is -2.48. The van der Waals surface area contributed by atoms with Crippen LogP contribution in [0.2, 0.25) is 0 Å². The normalized spacial score (nSPS) is 25.5. The van der Waals surface area contributed by atoms with Crippen LogP contribution in [-0.2, 0) is 4.74 Å². The maximum atomic E-state index is 8.82. The molecule has 1 saturated carbocycles. The van der Waals surface area contributed by atoms with Crippen LogP contribution in [0, 0.1) is 5.41 Å². The Bertz CT molecular complexity index is 188. The molecule has 2 N–H and O–H groups in total. The third-order valence-electron chi connectivity index (χ3n) is 3.38. The van der Waals surface area contributed by atoms with Gasteiger partial charge in [-0.3, -0.25) is 0 Å². The van der Waals surface area contributed by atoms with E-state index < -0.39 is 0 Å². The molecule has 0 bridgehead atoms. The summed E-state index contributed by atoms with van der Waals surface area (Å²) in [5.41, 5.74) is 0.291. The van der Waals surface area contributed by atoms with Crippen molar-refractivity contribution in [2.75, 3.05) is 19.8 Å². The highest BCUT2D eigenvalue weighted by Gasteiger charge is 2.30. The zero-order valence-electron chi connectivity index (χ0n) is 11.0. The molecule has 0 saturated heterocycles. The highest BCUT2D eigenvalue weighted by molar-refractivity contribution is 4.87. The summed E-state index contributed by atoms with van der Waals surface area (Å²) in [4.78, 5) is 0. The van der Waals surface area contributed by atoms with Crippen molar-refractivity contribution in [1.29, 1.82) is 0 Å². The van der Waals surface area contributed by atoms with Gasteiger partial charge in [0.1, 0.15) is 0 Å². The second-order valence-electron chi connectivity index (χ2n) is 5.62. The minimum Gasteiger partial charge on any atom is -0.396 e. The standard InChI is InChI=1S/C13H27NO2/c1-4-16-12-8-11(9-12)14-10-13(2,3)6-5-7-15/h11-12,14-15H,4-10H2,1-3H3. The molecule has 0 aromatic carbocycles. The van der Waals surface area contributed by atoms with E-state index in [1.54, 1.807) is 0 Å². The quantitative estimate of drug-likeness (QED) is 0.668. The molecule has 0 spiro atoms. The molecule has 0 unspecified atom stereocenters. The minimum atomic E-state index is 0.291. The largest absolute Gasteiger partial charge is 0.396 e. The number of ether oxygens (including phenoxy) is 1. The van der Waals surface area contributed by atoms with Crippen LogP contribution in [0.15, 0.2) is 0 Å². The lowest BCUT2D eigenvalue weighted by atomic mass is 9.84. The summed E-state index contributed by atoms with van der Waals surface area (Å²) in [6.07, 6.45) is 4.79. The molecule has 0 heterocycles. The Morgan fingerprint density at radius 1 is 1.38 bits per heavy atom. The van der Waals surface area contributed by atoms with Crippen LogP contribution in [0.25, 0.3) is 0 Å². The van der Waals surface area contributed by atoms with E-state index in [1.807, 2.05) is 0 Å². The molecule has 0 radical (unpaired) electrons. The molecule has 0 aromatic rings. The van der Waals surface area contributed by atoms with Crippen molar-refractivity contribution >= 4 is 0 Å². The third kappa shape index (κ3) is 4.81. The number of aliphatic hydroxyl groups is 1. The SMILES string of the molecule is CCOC1CC(NCC(C)(C)CCCO)C1. The van der Waals surface area contributed by atoms with Crippen molar-refractivity contribution in [1.82, 2.24) is 5.32 Å². The van der Waals surface area contributed by atoms with Crippen LogP contribution in [0.3, 0.4) is 0 Å². The molecule has 96 valence electrons. The monoisotopic (exact) mass is 229 g/mol. The van der Waals surface area contributed by atoms with E-state index in [4.69, 9.17) is 9.84 Å². The van der Waals surface area contributed by atoms with E-state index in [0.29, 0.717) is 24.2 Å². The molecule has 1 aliphatic carbocycles. The van der Waals surface area contributed by atoms with Crippen molar-refractivity contribution in [3.63, 3.8) is 0 Å². The highest BCUT2D eigenvalue weighted by atomic mass is 16.5. The predicted octanol–water partition coefficient (Wildman–Crippen LogP) is 1.94. The van der Waals surface area contributed by atoms with Gasteiger partial charge in [-0.2, -0.15) is 0 Å². The van der Waals surface area contributed by atoms with E-state index in [9.17, 15) is 0 Å². The van der Waals surface area contributed by atoms with Crippen molar-refractivity contribution in [3.8, 4) is 0 Å². The van der Waals surface area contributed by atoms with Crippen LogP contribution >= 0.6 is 0 Å². The van der Waals surface area contributed by atoms with Gasteiger partial charge in [0.2, 0.25) is 0 Å². The smallest absolute Gasteiger partial charge is 0.0604 e. The molecule has 3 heteroatoms. The molecule has 0 aliphatic heterocycles. The Kier molecular flexibility index (Phi) is 5.73. The van der Waals surface area contributed by atoms with Crippen LogP contribution in [-0.4, -0.2) is 37.0 Å². The highest BCUT2D eigenvalue weighted by Crippen LogP contribution is 2.26. The number of hydrogen-bond acceptors (Lipinski definition) is 3. The lowest BCUT2D eigenvalue weighted by molar-refractivity contribution is -0.0119. The molecular weight excluding hydrogens is 202 g/mol. The van der Waals surface area contributed by atoms with Crippen molar-refractivity contribution in [2.45, 2.75) is 58.6 Å². The van der Waals surface area contributed by atoms with E-state index in [-0.39, 0.29) is 0 Å². The summed E-state index contributed by atoms with van der Waals surface area (Å²) in [6, 6.07) is 0.643. The minimum absolute atomic E-state index is 0.291. The molecule has 3 nitrogen and oxygen atoms in total. The Morgan fingerprint density at radius 3 is 2.62 bits per heavy atom. The first-order valence-electron chi connectivity index (χ1n) is 6.53. The van der Waals surface area contributed by atoms with E-state index in [1.165, 1.54) is 0 Å². The third-order valence-corrected chi connectivity index (χ3v) is 3.38. The number of hydrogen-bond donors (Lipinski definition) is 2. The van der Waals surface area contributed by atoms with Gasteiger partial charge in [-0.15, -0.1) is 0 Å². The Hall–Kier alpha value is -0.120. The van der Waals surface area contributed by atoms with E-state index in [2.05, 4.69) is 26.1 Å². The second-order valence-corrected chi connectivity index (χ2v) is 5.62. The van der Waals surface area contributed by atoms with Gasteiger partial charge >= 0.3 is 0 Å². The molecular formula is C13H27NO2. The molecule has 1 fully saturated rings. The van der Waals surface area contributed by atoms with Gasteiger partial charge in [0, 0.05) is 25.8 Å². The summed E-state index contributed by atoms with van der Waals surface area (Å²) < 4.78 is 5.53. The van der Waals surface area contributed by atoms with E-state index >= 15 is 0 Å². The first-order chi connectivity index (χ1) is 7.57. The molecule has 16 heavy (non-hydrogen) atoms. The van der Waals surface area contributed by atoms with Crippen molar-refractivity contribution in [3.05, 3.63) is 0 Å². The molecule has 0 aromatic heterocycles. The van der Waals surface area contributed by atoms with Gasteiger partial charge in [-0.05, 0) is 38.0 Å². The summed E-state index contributed by atoms with van der Waals surface area (Å²) in [7, 11) is 0. The zero-order chi connectivity index (χ0) is 12.0. The number of nitrogens with one attached hydrogen (secondary N) is 1. The Labute approximate surface area is 99.6 Å². The fraction of sp³-hybridized carbons (Fsp3) is 1.00. The van der Waals surface area contributed by atoms with Crippen LogP contribution in [0.4, 0.5) is 0 Å². The average Bonchev–Trinajstić information content (AvgIpc) is 2.18. The summed E-state index contributed by atoms with van der Waals surface area (Å²) in [5.74, 6) is 0. The van der Waals surface area contributed by atoms with Crippen LogP contribution in [0.5, 0.6) is 0 Å². The summed E-state index contributed by atoms with van der Waals surface area (Å²) >= 11 is 0. The van der Waals surface area contributed by atoms with Gasteiger partial charge in [0.05, 0.1) is 6.10 Å². The maximum Gasteiger partial charge on any atom is 0.0604 e. The van der Waals surface area contributed by atoms with Crippen LogP contribution in [0.1, 0.15) is 46.5 Å². The summed E-state index contributed by atoms with van der Waals surface area (Å²) in [5, 5.41) is 12.4. The van der Waals surface area contributed by atoms with Crippen molar-refractivity contribution < 1.29 is 9.84 Å². The number of rotatable bonds is 8. The van der Waals surface area contributed by atoms with Gasteiger partial charge < -0.3 is 15.2 Å². The molecule has 0 atom stereocenters. The van der Waals surface area contributed by atoms with Crippen molar-refractivity contribution in [2.24, 2.45) is 5.41 Å². The van der Waals surface area contributed by atoms with E-state index in [0.717, 1.165) is 38.8 Å². The Morgan fingerprint density at radius 2 is 2.06 bits per heavy atom. The maximum absolute atomic E-state index is 8.82. The first kappa shape index (κ1) is 13.9. The van der Waals surface area contributed by atoms with Gasteiger partial charge in [-0.1, -0.05) is 13.8 Å². The van der Waals surface area contributed by atoms with Gasteiger partial charge in [-0.25, -0.2) is 0 Å². The lowest BCUT2D eigenvalue weighted by Gasteiger charge is -2.38. The average molecular weight is 229 g/mol.